The molecule has 0 aliphatic rings. The van der Waals surface area contributed by atoms with Crippen molar-refractivity contribution in [3.05, 3.63) is 59.7 Å². The molecule has 2 aromatic carbocycles. The van der Waals surface area contributed by atoms with Crippen molar-refractivity contribution in [2.24, 2.45) is 4.99 Å². The van der Waals surface area contributed by atoms with E-state index in [2.05, 4.69) is 22.8 Å². The number of rotatable bonds is 14. The van der Waals surface area contributed by atoms with Gasteiger partial charge in [-0.1, -0.05) is 24.3 Å². The highest BCUT2D eigenvalue weighted by Crippen LogP contribution is 2.17. The van der Waals surface area contributed by atoms with Gasteiger partial charge in [0.25, 0.3) is 0 Å². The first-order valence-electron chi connectivity index (χ1n) is 11.1. The molecule has 0 amide bonds. The second kappa shape index (κ2) is 15.2. The molecule has 0 saturated carbocycles. The zero-order chi connectivity index (χ0) is 23.0. The number of benzene rings is 2. The van der Waals surface area contributed by atoms with Crippen LogP contribution in [0.25, 0.3) is 0 Å². The van der Waals surface area contributed by atoms with Crippen LogP contribution in [-0.4, -0.2) is 52.6 Å². The van der Waals surface area contributed by atoms with Crippen LogP contribution in [0.5, 0.6) is 5.75 Å². The van der Waals surface area contributed by atoms with Gasteiger partial charge in [-0.05, 0) is 55.7 Å². The van der Waals surface area contributed by atoms with Crippen LogP contribution in [-0.2, 0) is 27.4 Å². The third kappa shape index (κ3) is 10.1. The summed E-state index contributed by atoms with van der Waals surface area (Å²) in [6, 6.07) is 16.1. The summed E-state index contributed by atoms with van der Waals surface area (Å²) in [7, 11) is 3.38. The molecule has 32 heavy (non-hydrogen) atoms. The first-order chi connectivity index (χ1) is 15.6. The van der Waals surface area contributed by atoms with Crippen LogP contribution in [0.15, 0.2) is 53.5 Å². The van der Waals surface area contributed by atoms with Gasteiger partial charge in [-0.25, -0.2) is 4.99 Å². The van der Waals surface area contributed by atoms with Crippen molar-refractivity contribution in [1.82, 2.24) is 5.32 Å². The van der Waals surface area contributed by atoms with E-state index in [1.165, 1.54) is 0 Å². The highest BCUT2D eigenvalue weighted by atomic mass is 16.5. The molecule has 0 fully saturated rings. The Kier molecular flexibility index (Phi) is 12.2. The van der Waals surface area contributed by atoms with Crippen molar-refractivity contribution in [1.29, 1.82) is 0 Å². The van der Waals surface area contributed by atoms with Crippen molar-refractivity contribution in [3.8, 4) is 5.75 Å². The number of hydrogen-bond acceptors (Lipinski definition) is 5. The molecule has 0 saturated heterocycles. The minimum Gasteiger partial charge on any atom is -0.491 e. The van der Waals surface area contributed by atoms with Crippen molar-refractivity contribution < 1.29 is 18.9 Å². The number of anilines is 1. The molecule has 0 atom stereocenters. The predicted molar refractivity (Wildman–Crippen MR) is 129 cm³/mol. The number of guanidine groups is 1. The third-order valence-electron chi connectivity index (χ3n) is 4.50. The van der Waals surface area contributed by atoms with Crippen molar-refractivity contribution in [2.75, 3.05) is 45.9 Å². The average molecular weight is 444 g/mol. The lowest BCUT2D eigenvalue weighted by Crippen LogP contribution is -2.32. The summed E-state index contributed by atoms with van der Waals surface area (Å²) in [4.78, 5) is 4.80. The summed E-state index contributed by atoms with van der Waals surface area (Å²) >= 11 is 0. The van der Waals surface area contributed by atoms with Gasteiger partial charge in [0.2, 0.25) is 0 Å². The molecule has 2 rings (SSSR count). The average Bonchev–Trinajstić information content (AvgIpc) is 2.78. The van der Waals surface area contributed by atoms with Gasteiger partial charge in [-0.3, -0.25) is 0 Å². The number of nitrogens with zero attached hydrogens (tertiary/aromatic N) is 1. The summed E-state index contributed by atoms with van der Waals surface area (Å²) in [5.74, 6) is 1.56. The summed E-state index contributed by atoms with van der Waals surface area (Å²) in [6.45, 7) is 7.78. The monoisotopic (exact) mass is 443 g/mol. The van der Waals surface area contributed by atoms with Crippen molar-refractivity contribution >= 4 is 11.6 Å². The van der Waals surface area contributed by atoms with Crippen LogP contribution >= 0.6 is 0 Å². The van der Waals surface area contributed by atoms with E-state index >= 15 is 0 Å². The predicted octanol–water partition coefficient (Wildman–Crippen LogP) is 4.23. The van der Waals surface area contributed by atoms with Gasteiger partial charge in [0.05, 0.1) is 32.5 Å². The molecular formula is C25H37N3O4. The Morgan fingerprint density at radius 2 is 1.66 bits per heavy atom. The van der Waals surface area contributed by atoms with Gasteiger partial charge in [-0.15, -0.1) is 0 Å². The molecule has 2 aromatic rings. The lowest BCUT2D eigenvalue weighted by atomic mass is 10.1. The van der Waals surface area contributed by atoms with Gasteiger partial charge >= 0.3 is 0 Å². The fraction of sp³-hybridized carbons (Fsp3) is 0.480. The van der Waals surface area contributed by atoms with E-state index < -0.39 is 0 Å². The van der Waals surface area contributed by atoms with Gasteiger partial charge in [0.15, 0.2) is 5.96 Å². The first-order valence-corrected chi connectivity index (χ1v) is 11.1. The largest absolute Gasteiger partial charge is 0.491 e. The second-order valence-corrected chi connectivity index (χ2v) is 7.57. The van der Waals surface area contributed by atoms with E-state index in [0.717, 1.165) is 35.5 Å². The zero-order valence-electron chi connectivity index (χ0n) is 19.7. The van der Waals surface area contributed by atoms with Crippen molar-refractivity contribution in [3.63, 3.8) is 0 Å². The smallest absolute Gasteiger partial charge is 0.196 e. The number of hydrogen-bond donors (Lipinski definition) is 2. The molecule has 7 nitrogen and oxygen atoms in total. The highest BCUT2D eigenvalue weighted by Gasteiger charge is 2.05. The normalized spacial score (nSPS) is 11.6. The van der Waals surface area contributed by atoms with Crippen LogP contribution in [0.3, 0.4) is 0 Å². The highest BCUT2D eigenvalue weighted by molar-refractivity contribution is 5.93. The van der Waals surface area contributed by atoms with Gasteiger partial charge in [0.1, 0.15) is 5.75 Å². The van der Waals surface area contributed by atoms with Crippen LogP contribution in [0.4, 0.5) is 5.69 Å². The van der Waals surface area contributed by atoms with E-state index in [0.29, 0.717) is 38.9 Å². The Hall–Kier alpha value is -2.61. The molecule has 0 spiro atoms. The summed E-state index contributed by atoms with van der Waals surface area (Å²) < 4.78 is 21.6. The Balaban J connectivity index is 2.01. The van der Waals surface area contributed by atoms with Crippen LogP contribution in [0.1, 0.15) is 31.4 Å². The van der Waals surface area contributed by atoms with Gasteiger partial charge in [-0.2, -0.15) is 0 Å². The molecule has 176 valence electrons. The summed E-state index contributed by atoms with van der Waals surface area (Å²) in [5, 5.41) is 6.78. The number of aliphatic imine (C=N–C) groups is 1. The standard InChI is InChI=1S/C25H37N3O4/c1-20(2)32-24-12-10-23(11-13-24)28-25(26-14-7-15-31-17-16-29-3)27-18-21-8-5-6-9-22(21)19-30-4/h5-6,8-13,20H,7,14-19H2,1-4H3,(H2,26,27,28). The topological polar surface area (TPSA) is 73.3 Å². The molecule has 0 aliphatic heterocycles. The fourth-order valence-electron chi connectivity index (χ4n) is 2.96. The van der Waals surface area contributed by atoms with Crippen LogP contribution in [0, 0.1) is 0 Å². The molecule has 0 bridgehead atoms. The van der Waals surface area contributed by atoms with Gasteiger partial charge < -0.3 is 29.6 Å². The molecule has 0 aliphatic carbocycles. The molecule has 2 N–H and O–H groups in total. The summed E-state index contributed by atoms with van der Waals surface area (Å²) in [5.41, 5.74) is 3.22. The van der Waals surface area contributed by atoms with E-state index in [9.17, 15) is 0 Å². The summed E-state index contributed by atoms with van der Waals surface area (Å²) in [6.07, 6.45) is 1.01. The Labute approximate surface area is 192 Å². The maximum Gasteiger partial charge on any atom is 0.196 e. The Morgan fingerprint density at radius 1 is 0.906 bits per heavy atom. The number of ether oxygens (including phenoxy) is 4. The molecule has 0 unspecified atom stereocenters. The number of nitrogens with one attached hydrogen (secondary N) is 2. The molecule has 0 heterocycles. The lowest BCUT2D eigenvalue weighted by molar-refractivity contribution is 0.0699. The van der Waals surface area contributed by atoms with Gasteiger partial charge in [0, 0.05) is 33.1 Å². The van der Waals surface area contributed by atoms with Crippen LogP contribution < -0.4 is 15.4 Å². The van der Waals surface area contributed by atoms with Crippen LogP contribution in [0.2, 0.25) is 0 Å². The fourth-order valence-corrected chi connectivity index (χ4v) is 2.96. The molecule has 0 radical (unpaired) electrons. The minimum absolute atomic E-state index is 0.144. The first kappa shape index (κ1) is 25.6. The third-order valence-corrected chi connectivity index (χ3v) is 4.50. The maximum absolute atomic E-state index is 5.73. The van der Waals surface area contributed by atoms with E-state index in [1.54, 1.807) is 14.2 Å². The van der Waals surface area contributed by atoms with E-state index in [-0.39, 0.29) is 6.10 Å². The zero-order valence-corrected chi connectivity index (χ0v) is 19.7. The molecule has 0 aromatic heterocycles. The second-order valence-electron chi connectivity index (χ2n) is 7.57. The Morgan fingerprint density at radius 3 is 2.34 bits per heavy atom. The van der Waals surface area contributed by atoms with E-state index in [1.807, 2.05) is 50.2 Å². The number of methoxy groups -OCH3 is 2. The van der Waals surface area contributed by atoms with E-state index in [4.69, 9.17) is 23.9 Å². The minimum atomic E-state index is 0.144. The Bertz CT molecular complexity index is 794. The lowest BCUT2D eigenvalue weighted by Gasteiger charge is -2.15. The molecule has 7 heteroatoms. The quantitative estimate of drug-likeness (QED) is 0.259. The SMILES string of the molecule is COCCOCCCNC(=NCc1ccccc1COC)Nc1ccc(OC(C)C)cc1. The molecular weight excluding hydrogens is 406 g/mol. The van der Waals surface area contributed by atoms with Crippen molar-refractivity contribution in [2.45, 2.75) is 39.5 Å². The maximum atomic E-state index is 5.73.